The smallest absolute Gasteiger partial charge is 0.258 e. The van der Waals surface area contributed by atoms with Gasteiger partial charge in [-0.1, -0.05) is 40.2 Å². The van der Waals surface area contributed by atoms with Crippen LogP contribution < -0.4 is 5.32 Å². The summed E-state index contributed by atoms with van der Waals surface area (Å²) < 4.78 is 17.2. The summed E-state index contributed by atoms with van der Waals surface area (Å²) in [6.07, 6.45) is 1.57. The quantitative estimate of drug-likeness (QED) is 0.523. The Bertz CT molecular complexity index is 1140. The van der Waals surface area contributed by atoms with Crippen molar-refractivity contribution < 1.29 is 9.18 Å². The van der Waals surface area contributed by atoms with Gasteiger partial charge >= 0.3 is 0 Å². The standard InChI is InChI=1S/C19H13BrFN3O/c1-24-10-14-17(23-24)8-6-13(18(14)21)19(25)22-16-9-7-15(20)11-4-2-3-5-12(11)16/h2-10H,1H3,(H,22,25). The van der Waals surface area contributed by atoms with Crippen LogP contribution in [0, 0.1) is 5.82 Å². The third kappa shape index (κ3) is 2.68. The molecule has 4 nitrogen and oxygen atoms in total. The topological polar surface area (TPSA) is 46.9 Å². The first-order valence-electron chi connectivity index (χ1n) is 7.65. The number of fused-ring (bicyclic) bond motifs is 2. The Hall–Kier alpha value is -2.73. The molecule has 1 aromatic heterocycles. The van der Waals surface area contributed by atoms with E-state index in [-0.39, 0.29) is 5.56 Å². The van der Waals surface area contributed by atoms with Gasteiger partial charge in [-0.3, -0.25) is 9.48 Å². The first-order chi connectivity index (χ1) is 12.0. The molecular weight excluding hydrogens is 385 g/mol. The van der Waals surface area contributed by atoms with Crippen molar-refractivity contribution in [3.63, 3.8) is 0 Å². The second-order valence-electron chi connectivity index (χ2n) is 5.76. The van der Waals surface area contributed by atoms with Crippen molar-refractivity contribution in [2.45, 2.75) is 0 Å². The Morgan fingerprint density at radius 3 is 2.64 bits per heavy atom. The van der Waals surface area contributed by atoms with Gasteiger partial charge in [0.2, 0.25) is 0 Å². The van der Waals surface area contributed by atoms with E-state index < -0.39 is 11.7 Å². The van der Waals surface area contributed by atoms with Gasteiger partial charge in [-0.15, -0.1) is 0 Å². The summed E-state index contributed by atoms with van der Waals surface area (Å²) in [5, 5.41) is 9.15. The number of aryl methyl sites for hydroxylation is 1. The Labute approximate surface area is 151 Å². The predicted octanol–water partition coefficient (Wildman–Crippen LogP) is 4.88. The number of hydrogen-bond donors (Lipinski definition) is 1. The van der Waals surface area contributed by atoms with Gasteiger partial charge in [0.15, 0.2) is 0 Å². The number of aromatic nitrogens is 2. The summed E-state index contributed by atoms with van der Waals surface area (Å²) in [5.41, 5.74) is 1.15. The van der Waals surface area contributed by atoms with Crippen molar-refractivity contribution in [2.24, 2.45) is 7.05 Å². The van der Waals surface area contributed by atoms with Gasteiger partial charge in [0.25, 0.3) is 5.91 Å². The van der Waals surface area contributed by atoms with Crippen LogP contribution in [0.25, 0.3) is 21.7 Å². The van der Waals surface area contributed by atoms with Crippen LogP contribution in [0.3, 0.4) is 0 Å². The van der Waals surface area contributed by atoms with Gasteiger partial charge in [-0.05, 0) is 29.7 Å². The first kappa shape index (κ1) is 15.8. The second-order valence-corrected chi connectivity index (χ2v) is 6.61. The van der Waals surface area contributed by atoms with Crippen molar-refractivity contribution in [1.82, 2.24) is 9.78 Å². The molecule has 0 aliphatic rings. The Kier molecular flexibility index (Phi) is 3.77. The Morgan fingerprint density at radius 2 is 1.84 bits per heavy atom. The van der Waals surface area contributed by atoms with Crippen LogP contribution in [0.2, 0.25) is 0 Å². The molecule has 0 radical (unpaired) electrons. The van der Waals surface area contributed by atoms with Crippen LogP contribution in [0.15, 0.2) is 59.2 Å². The number of halogens is 2. The monoisotopic (exact) mass is 397 g/mol. The summed E-state index contributed by atoms with van der Waals surface area (Å²) in [6.45, 7) is 0. The number of nitrogens with one attached hydrogen (secondary N) is 1. The number of nitrogens with zero attached hydrogens (tertiary/aromatic N) is 2. The maximum absolute atomic E-state index is 14.7. The van der Waals surface area contributed by atoms with Crippen LogP contribution in [0.5, 0.6) is 0 Å². The molecule has 4 rings (SSSR count). The van der Waals surface area contributed by atoms with Crippen molar-refractivity contribution in [2.75, 3.05) is 5.32 Å². The molecular formula is C19H13BrFN3O. The number of anilines is 1. The molecule has 1 amide bonds. The SMILES string of the molecule is Cn1cc2c(F)c(C(=O)Nc3ccc(Br)c4ccccc34)ccc2n1. The highest BCUT2D eigenvalue weighted by Crippen LogP contribution is 2.30. The number of amides is 1. The summed E-state index contributed by atoms with van der Waals surface area (Å²) in [4.78, 5) is 12.6. The third-order valence-electron chi connectivity index (χ3n) is 4.10. The van der Waals surface area contributed by atoms with E-state index in [1.165, 1.54) is 10.7 Å². The lowest BCUT2D eigenvalue weighted by atomic mass is 10.1. The van der Waals surface area contributed by atoms with Gasteiger partial charge in [-0.25, -0.2) is 4.39 Å². The molecule has 0 aliphatic heterocycles. The Morgan fingerprint density at radius 1 is 1.08 bits per heavy atom. The summed E-state index contributed by atoms with van der Waals surface area (Å²) in [5.74, 6) is -1.06. The highest BCUT2D eigenvalue weighted by molar-refractivity contribution is 9.10. The van der Waals surface area contributed by atoms with Gasteiger partial charge in [-0.2, -0.15) is 5.10 Å². The molecule has 0 atom stereocenters. The van der Waals surface area contributed by atoms with Gasteiger partial charge in [0, 0.05) is 28.8 Å². The molecule has 0 saturated heterocycles. The molecule has 0 unspecified atom stereocenters. The first-order valence-corrected chi connectivity index (χ1v) is 8.44. The molecule has 0 aliphatic carbocycles. The largest absolute Gasteiger partial charge is 0.321 e. The summed E-state index contributed by atoms with van der Waals surface area (Å²) >= 11 is 3.50. The van der Waals surface area contributed by atoms with Crippen LogP contribution in [0.1, 0.15) is 10.4 Å². The van der Waals surface area contributed by atoms with Crippen LogP contribution in [-0.2, 0) is 7.05 Å². The van der Waals surface area contributed by atoms with E-state index in [0.717, 1.165) is 15.2 Å². The molecule has 0 fully saturated rings. The number of rotatable bonds is 2. The predicted molar refractivity (Wildman–Crippen MR) is 100 cm³/mol. The molecule has 6 heteroatoms. The van der Waals surface area contributed by atoms with Crippen LogP contribution in [-0.4, -0.2) is 15.7 Å². The number of carbonyl (C=O) groups is 1. The lowest BCUT2D eigenvalue weighted by Crippen LogP contribution is -2.14. The normalized spacial score (nSPS) is 11.2. The Balaban J connectivity index is 1.76. The molecule has 124 valence electrons. The maximum Gasteiger partial charge on any atom is 0.258 e. The summed E-state index contributed by atoms with van der Waals surface area (Å²) in [7, 11) is 1.72. The lowest BCUT2D eigenvalue weighted by Gasteiger charge is -2.10. The highest BCUT2D eigenvalue weighted by atomic mass is 79.9. The second kappa shape index (κ2) is 5.97. The molecule has 1 heterocycles. The van der Waals surface area contributed by atoms with E-state index in [2.05, 4.69) is 26.3 Å². The molecule has 0 saturated carbocycles. The zero-order valence-electron chi connectivity index (χ0n) is 13.3. The minimum absolute atomic E-state index is 0.00694. The van der Waals surface area contributed by atoms with E-state index in [1.807, 2.05) is 30.3 Å². The van der Waals surface area contributed by atoms with E-state index in [0.29, 0.717) is 16.6 Å². The number of hydrogen-bond acceptors (Lipinski definition) is 2. The minimum atomic E-state index is -0.565. The molecule has 3 aromatic carbocycles. The fourth-order valence-corrected chi connectivity index (χ4v) is 3.39. The zero-order valence-corrected chi connectivity index (χ0v) is 14.8. The molecule has 25 heavy (non-hydrogen) atoms. The van der Waals surface area contributed by atoms with Crippen molar-refractivity contribution >= 4 is 49.2 Å². The van der Waals surface area contributed by atoms with Crippen molar-refractivity contribution in [3.8, 4) is 0 Å². The van der Waals surface area contributed by atoms with E-state index in [4.69, 9.17) is 0 Å². The van der Waals surface area contributed by atoms with Gasteiger partial charge in [0.1, 0.15) is 5.82 Å². The zero-order chi connectivity index (χ0) is 17.6. The molecule has 0 spiro atoms. The summed E-state index contributed by atoms with van der Waals surface area (Å²) in [6, 6.07) is 14.5. The fourth-order valence-electron chi connectivity index (χ4n) is 2.91. The minimum Gasteiger partial charge on any atom is -0.321 e. The molecule has 4 aromatic rings. The third-order valence-corrected chi connectivity index (χ3v) is 4.79. The lowest BCUT2D eigenvalue weighted by molar-refractivity contribution is 0.102. The average Bonchev–Trinajstić information content (AvgIpc) is 2.99. The van der Waals surface area contributed by atoms with Crippen LogP contribution >= 0.6 is 15.9 Å². The highest BCUT2D eigenvalue weighted by Gasteiger charge is 2.17. The van der Waals surface area contributed by atoms with Crippen molar-refractivity contribution in [1.29, 1.82) is 0 Å². The number of benzene rings is 3. The average molecular weight is 398 g/mol. The van der Waals surface area contributed by atoms with Crippen LogP contribution in [0.4, 0.5) is 10.1 Å². The molecule has 1 N–H and O–H groups in total. The fraction of sp³-hybridized carbons (Fsp3) is 0.0526. The van der Waals surface area contributed by atoms with Gasteiger partial charge in [0.05, 0.1) is 16.5 Å². The number of carbonyl (C=O) groups excluding carboxylic acids is 1. The molecule has 0 bridgehead atoms. The van der Waals surface area contributed by atoms with Gasteiger partial charge < -0.3 is 5.32 Å². The van der Waals surface area contributed by atoms with E-state index in [1.54, 1.807) is 25.4 Å². The van der Waals surface area contributed by atoms with Crippen molar-refractivity contribution in [3.05, 3.63) is 70.6 Å². The van der Waals surface area contributed by atoms with E-state index in [9.17, 15) is 9.18 Å². The maximum atomic E-state index is 14.7. The van der Waals surface area contributed by atoms with E-state index >= 15 is 0 Å².